The normalized spacial score (nSPS) is 9.82. The maximum atomic E-state index is 8.80. The second-order valence-corrected chi connectivity index (χ2v) is 4.33. The van der Waals surface area contributed by atoms with Crippen LogP contribution in [0.1, 0.15) is 11.3 Å². The Kier molecular flexibility index (Phi) is 3.58. The second-order valence-electron chi connectivity index (χ2n) is 3.55. The van der Waals surface area contributed by atoms with E-state index < -0.39 is 0 Å². The average molecular weight is 244 g/mol. The molecule has 2 aromatic rings. The van der Waals surface area contributed by atoms with E-state index in [1.807, 2.05) is 6.07 Å². The lowest BCUT2D eigenvalue weighted by molar-refractivity contribution is 1.01. The van der Waals surface area contributed by atoms with Crippen molar-refractivity contribution >= 4 is 22.8 Å². The molecule has 4 nitrogen and oxygen atoms in total. The first-order valence-electron chi connectivity index (χ1n) is 5.21. The first-order chi connectivity index (χ1) is 8.29. The standard InChI is InChI=1S/C12H12N4S/c13-7-11-10(14)1-2-12(16-11)15-5-3-9-4-6-17-8-9/h1-2,4,6,8H,3,5,14H2,(H,15,16). The van der Waals surface area contributed by atoms with Crippen molar-refractivity contribution in [2.24, 2.45) is 0 Å². The summed E-state index contributed by atoms with van der Waals surface area (Å²) in [6.07, 6.45) is 0.942. The minimum Gasteiger partial charge on any atom is -0.396 e. The molecule has 0 amide bonds. The molecule has 17 heavy (non-hydrogen) atoms. The molecule has 2 heterocycles. The highest BCUT2D eigenvalue weighted by molar-refractivity contribution is 7.07. The maximum absolute atomic E-state index is 8.80. The van der Waals surface area contributed by atoms with Gasteiger partial charge in [0.1, 0.15) is 11.9 Å². The predicted octanol–water partition coefficient (Wildman–Crippen LogP) is 2.25. The molecular weight excluding hydrogens is 232 g/mol. The van der Waals surface area contributed by atoms with E-state index >= 15 is 0 Å². The molecule has 0 unspecified atom stereocenters. The summed E-state index contributed by atoms with van der Waals surface area (Å²) in [5.74, 6) is 0.686. The topological polar surface area (TPSA) is 74.7 Å². The van der Waals surface area contributed by atoms with Crippen molar-refractivity contribution in [3.8, 4) is 6.07 Å². The van der Waals surface area contributed by atoms with E-state index in [1.165, 1.54) is 5.56 Å². The van der Waals surface area contributed by atoms with Crippen LogP contribution in [0.5, 0.6) is 0 Å². The number of pyridine rings is 1. The first kappa shape index (κ1) is 11.4. The third kappa shape index (κ3) is 2.95. The van der Waals surface area contributed by atoms with Crippen LogP contribution >= 0.6 is 11.3 Å². The molecule has 2 aromatic heterocycles. The van der Waals surface area contributed by atoms with Crippen molar-refractivity contribution in [3.63, 3.8) is 0 Å². The second kappa shape index (κ2) is 5.32. The van der Waals surface area contributed by atoms with E-state index in [9.17, 15) is 0 Å². The molecule has 0 spiro atoms. The smallest absolute Gasteiger partial charge is 0.165 e. The molecule has 2 rings (SSSR count). The van der Waals surface area contributed by atoms with Crippen LogP contribution in [0.4, 0.5) is 11.5 Å². The molecule has 0 fully saturated rings. The monoisotopic (exact) mass is 244 g/mol. The first-order valence-corrected chi connectivity index (χ1v) is 6.15. The van der Waals surface area contributed by atoms with E-state index in [4.69, 9.17) is 11.0 Å². The number of nitrogen functional groups attached to an aromatic ring is 1. The Morgan fingerprint density at radius 1 is 1.41 bits per heavy atom. The molecular formula is C12H12N4S. The molecule has 0 atom stereocenters. The molecule has 86 valence electrons. The lowest BCUT2D eigenvalue weighted by Crippen LogP contribution is -2.07. The van der Waals surface area contributed by atoms with Gasteiger partial charge in [0, 0.05) is 6.54 Å². The Hall–Kier alpha value is -2.06. The summed E-state index contributed by atoms with van der Waals surface area (Å²) in [5, 5.41) is 16.2. The summed E-state index contributed by atoms with van der Waals surface area (Å²) in [4.78, 5) is 4.11. The summed E-state index contributed by atoms with van der Waals surface area (Å²) in [7, 11) is 0. The van der Waals surface area contributed by atoms with Gasteiger partial charge in [0.05, 0.1) is 5.69 Å². The summed E-state index contributed by atoms with van der Waals surface area (Å²) >= 11 is 1.69. The minimum absolute atomic E-state index is 0.269. The van der Waals surface area contributed by atoms with Crippen molar-refractivity contribution in [1.82, 2.24) is 4.98 Å². The van der Waals surface area contributed by atoms with Crippen molar-refractivity contribution in [1.29, 1.82) is 5.26 Å². The number of nitrogens with two attached hydrogens (primary N) is 1. The van der Waals surface area contributed by atoms with Crippen molar-refractivity contribution in [2.45, 2.75) is 6.42 Å². The summed E-state index contributed by atoms with van der Waals surface area (Å²) in [6.45, 7) is 0.790. The van der Waals surface area contributed by atoms with Gasteiger partial charge in [-0.25, -0.2) is 4.98 Å². The van der Waals surface area contributed by atoms with Crippen LogP contribution in [0.2, 0.25) is 0 Å². The fourth-order valence-corrected chi connectivity index (χ4v) is 2.13. The maximum Gasteiger partial charge on any atom is 0.165 e. The van der Waals surface area contributed by atoms with Crippen molar-refractivity contribution < 1.29 is 0 Å². The van der Waals surface area contributed by atoms with Crippen LogP contribution in [0.3, 0.4) is 0 Å². The zero-order valence-electron chi connectivity index (χ0n) is 9.18. The highest BCUT2D eigenvalue weighted by Crippen LogP contribution is 2.12. The third-order valence-electron chi connectivity index (χ3n) is 2.33. The molecule has 0 radical (unpaired) electrons. The molecule has 0 aromatic carbocycles. The van der Waals surface area contributed by atoms with Gasteiger partial charge in [0.25, 0.3) is 0 Å². The third-order valence-corrected chi connectivity index (χ3v) is 3.06. The van der Waals surface area contributed by atoms with Crippen LogP contribution in [-0.2, 0) is 6.42 Å². The van der Waals surface area contributed by atoms with Gasteiger partial charge in [0.2, 0.25) is 0 Å². The molecule has 3 N–H and O–H groups in total. The molecule has 0 saturated heterocycles. The van der Waals surface area contributed by atoms with Crippen LogP contribution in [0.25, 0.3) is 0 Å². The Bertz CT molecular complexity index is 528. The molecule has 5 heteroatoms. The van der Waals surface area contributed by atoms with Gasteiger partial charge in [-0.05, 0) is 40.9 Å². The van der Waals surface area contributed by atoms with Crippen molar-refractivity contribution in [2.75, 3.05) is 17.6 Å². The number of rotatable bonds is 4. The number of hydrogen-bond donors (Lipinski definition) is 2. The zero-order valence-corrected chi connectivity index (χ0v) is 10.00. The number of nitriles is 1. The predicted molar refractivity (Wildman–Crippen MR) is 69.9 cm³/mol. The number of nitrogens with zero attached hydrogens (tertiary/aromatic N) is 2. The Labute approximate surface area is 104 Å². The summed E-state index contributed by atoms with van der Waals surface area (Å²) < 4.78 is 0. The van der Waals surface area contributed by atoms with Crippen LogP contribution in [0, 0.1) is 11.3 Å². The largest absolute Gasteiger partial charge is 0.396 e. The van der Waals surface area contributed by atoms with E-state index in [2.05, 4.69) is 27.1 Å². The van der Waals surface area contributed by atoms with Crippen LogP contribution < -0.4 is 11.1 Å². The van der Waals surface area contributed by atoms with Gasteiger partial charge in [-0.3, -0.25) is 0 Å². The SMILES string of the molecule is N#Cc1nc(NCCc2ccsc2)ccc1N. The summed E-state index contributed by atoms with van der Waals surface area (Å²) in [6, 6.07) is 7.54. The number of anilines is 2. The van der Waals surface area contributed by atoms with Gasteiger partial charge < -0.3 is 11.1 Å². The fourth-order valence-electron chi connectivity index (χ4n) is 1.43. The highest BCUT2D eigenvalue weighted by Gasteiger charge is 2.01. The quantitative estimate of drug-likeness (QED) is 0.865. The molecule has 0 aliphatic carbocycles. The molecule has 0 saturated carbocycles. The van der Waals surface area contributed by atoms with Gasteiger partial charge in [-0.15, -0.1) is 0 Å². The zero-order chi connectivity index (χ0) is 12.1. The number of aromatic nitrogens is 1. The number of nitrogens with one attached hydrogen (secondary N) is 1. The number of thiophene rings is 1. The van der Waals surface area contributed by atoms with E-state index in [1.54, 1.807) is 23.5 Å². The lowest BCUT2D eigenvalue weighted by atomic mass is 10.2. The lowest BCUT2D eigenvalue weighted by Gasteiger charge is -2.05. The summed E-state index contributed by atoms with van der Waals surface area (Å²) in [5.41, 5.74) is 7.58. The van der Waals surface area contributed by atoms with Gasteiger partial charge in [-0.2, -0.15) is 16.6 Å². The van der Waals surface area contributed by atoms with Gasteiger partial charge in [-0.1, -0.05) is 0 Å². The van der Waals surface area contributed by atoms with E-state index in [0.717, 1.165) is 13.0 Å². The Morgan fingerprint density at radius 2 is 2.29 bits per heavy atom. The van der Waals surface area contributed by atoms with Crippen LogP contribution in [-0.4, -0.2) is 11.5 Å². The van der Waals surface area contributed by atoms with Gasteiger partial charge >= 0.3 is 0 Å². The molecule has 0 aliphatic rings. The Morgan fingerprint density at radius 3 is 3.00 bits per heavy atom. The average Bonchev–Trinajstić information content (AvgIpc) is 2.84. The van der Waals surface area contributed by atoms with E-state index in [0.29, 0.717) is 11.5 Å². The molecule has 0 bridgehead atoms. The van der Waals surface area contributed by atoms with E-state index in [-0.39, 0.29) is 5.69 Å². The number of hydrogen-bond acceptors (Lipinski definition) is 5. The Balaban J connectivity index is 1.93. The molecule has 0 aliphatic heterocycles. The van der Waals surface area contributed by atoms with Crippen LogP contribution in [0.15, 0.2) is 29.0 Å². The fraction of sp³-hybridized carbons (Fsp3) is 0.167. The van der Waals surface area contributed by atoms with Gasteiger partial charge in [0.15, 0.2) is 5.69 Å². The highest BCUT2D eigenvalue weighted by atomic mass is 32.1. The van der Waals surface area contributed by atoms with Crippen molar-refractivity contribution in [3.05, 3.63) is 40.2 Å². The minimum atomic E-state index is 0.269.